The molecule has 0 unspecified atom stereocenters. The zero-order valence-electron chi connectivity index (χ0n) is 13.5. The molecule has 2 aromatic rings. The van der Waals surface area contributed by atoms with Gasteiger partial charge >= 0.3 is 0 Å². The fourth-order valence-electron chi connectivity index (χ4n) is 2.23. The number of aromatic nitrogens is 1. The van der Waals surface area contributed by atoms with Crippen LogP contribution < -0.4 is 20.1 Å². The second kappa shape index (κ2) is 6.87. The van der Waals surface area contributed by atoms with Crippen LogP contribution in [0.15, 0.2) is 23.2 Å². The molecule has 0 aliphatic carbocycles. The monoisotopic (exact) mass is 332 g/mol. The number of rotatable bonds is 4. The predicted octanol–water partition coefficient (Wildman–Crippen LogP) is 2.35. The molecule has 1 aromatic carbocycles. The van der Waals surface area contributed by atoms with Gasteiger partial charge in [-0.3, -0.25) is 4.99 Å². The average Bonchev–Trinajstić information content (AvgIpc) is 3.14. The van der Waals surface area contributed by atoms with Gasteiger partial charge in [0.25, 0.3) is 0 Å². The number of hydrogen-bond acceptors (Lipinski definition) is 5. The summed E-state index contributed by atoms with van der Waals surface area (Å²) in [5, 5.41) is 7.63. The van der Waals surface area contributed by atoms with Gasteiger partial charge in [-0.05, 0) is 31.5 Å². The maximum Gasteiger partial charge on any atom is 0.231 e. The SMILES string of the molecule is CN=C(NCc1ccc2c(c1)OCO2)NCc1nc(C)c(C)s1. The molecule has 2 heterocycles. The lowest BCUT2D eigenvalue weighted by Crippen LogP contribution is -2.36. The van der Waals surface area contributed by atoms with E-state index in [0.29, 0.717) is 19.9 Å². The molecule has 7 heteroatoms. The summed E-state index contributed by atoms with van der Waals surface area (Å²) in [6.07, 6.45) is 0. The molecule has 0 spiro atoms. The molecule has 122 valence electrons. The van der Waals surface area contributed by atoms with Crippen molar-refractivity contribution in [1.29, 1.82) is 0 Å². The van der Waals surface area contributed by atoms with Crippen molar-refractivity contribution in [2.75, 3.05) is 13.8 Å². The van der Waals surface area contributed by atoms with Crippen LogP contribution in [0, 0.1) is 13.8 Å². The maximum atomic E-state index is 5.39. The zero-order valence-corrected chi connectivity index (χ0v) is 14.3. The summed E-state index contributed by atoms with van der Waals surface area (Å²) in [7, 11) is 1.76. The van der Waals surface area contributed by atoms with Gasteiger partial charge in [0.15, 0.2) is 17.5 Å². The second-order valence-electron chi connectivity index (χ2n) is 5.22. The Morgan fingerprint density at radius 3 is 2.74 bits per heavy atom. The Hall–Kier alpha value is -2.28. The van der Waals surface area contributed by atoms with E-state index < -0.39 is 0 Å². The summed E-state index contributed by atoms with van der Waals surface area (Å²) >= 11 is 1.71. The van der Waals surface area contributed by atoms with Gasteiger partial charge in [-0.25, -0.2) is 4.98 Å². The van der Waals surface area contributed by atoms with Crippen molar-refractivity contribution in [3.63, 3.8) is 0 Å². The Morgan fingerprint density at radius 2 is 2.00 bits per heavy atom. The van der Waals surface area contributed by atoms with E-state index >= 15 is 0 Å². The highest BCUT2D eigenvalue weighted by molar-refractivity contribution is 7.11. The summed E-state index contributed by atoms with van der Waals surface area (Å²) in [6.45, 7) is 5.74. The van der Waals surface area contributed by atoms with E-state index in [2.05, 4.69) is 27.5 Å². The highest BCUT2D eigenvalue weighted by Gasteiger charge is 2.13. The normalized spacial score (nSPS) is 13.3. The minimum absolute atomic E-state index is 0.294. The van der Waals surface area contributed by atoms with Gasteiger partial charge < -0.3 is 20.1 Å². The number of nitrogens with zero attached hydrogens (tertiary/aromatic N) is 2. The molecule has 2 N–H and O–H groups in total. The number of hydrogen-bond donors (Lipinski definition) is 2. The second-order valence-corrected chi connectivity index (χ2v) is 6.50. The first-order chi connectivity index (χ1) is 11.2. The predicted molar refractivity (Wildman–Crippen MR) is 91.2 cm³/mol. The molecule has 0 fully saturated rings. The van der Waals surface area contributed by atoms with E-state index in [1.54, 1.807) is 18.4 Å². The third kappa shape index (κ3) is 3.73. The number of ether oxygens (including phenoxy) is 2. The molecule has 0 saturated heterocycles. The smallest absolute Gasteiger partial charge is 0.231 e. The first-order valence-corrected chi connectivity index (χ1v) is 8.23. The van der Waals surface area contributed by atoms with Crippen molar-refractivity contribution >= 4 is 17.3 Å². The van der Waals surface area contributed by atoms with E-state index in [4.69, 9.17) is 9.47 Å². The van der Waals surface area contributed by atoms with Gasteiger partial charge in [0.2, 0.25) is 6.79 Å². The number of nitrogens with one attached hydrogen (secondary N) is 2. The molecule has 0 atom stereocenters. The molecule has 6 nitrogen and oxygen atoms in total. The van der Waals surface area contributed by atoms with Crippen LogP contribution in [0.4, 0.5) is 0 Å². The Labute approximate surface area is 139 Å². The van der Waals surface area contributed by atoms with Gasteiger partial charge in [0.05, 0.1) is 12.2 Å². The van der Waals surface area contributed by atoms with Gasteiger partial charge in [-0.2, -0.15) is 0 Å². The Balaban J connectivity index is 1.53. The molecule has 0 radical (unpaired) electrons. The van der Waals surface area contributed by atoms with Crippen LogP contribution in [0.3, 0.4) is 0 Å². The van der Waals surface area contributed by atoms with Gasteiger partial charge in [-0.1, -0.05) is 6.07 Å². The third-order valence-electron chi connectivity index (χ3n) is 3.60. The number of thiazole rings is 1. The van der Waals surface area contributed by atoms with Gasteiger partial charge in [0, 0.05) is 18.5 Å². The number of aliphatic imine (C=N–C) groups is 1. The molecule has 1 aliphatic rings. The van der Waals surface area contributed by atoms with Crippen LogP contribution >= 0.6 is 11.3 Å². The number of guanidine groups is 1. The zero-order chi connectivity index (χ0) is 16.2. The Kier molecular flexibility index (Phi) is 4.66. The Morgan fingerprint density at radius 1 is 1.22 bits per heavy atom. The third-order valence-corrected chi connectivity index (χ3v) is 4.67. The van der Waals surface area contributed by atoms with E-state index in [1.165, 1.54) is 4.88 Å². The summed E-state index contributed by atoms with van der Waals surface area (Å²) in [6, 6.07) is 5.92. The molecule has 23 heavy (non-hydrogen) atoms. The molecule has 1 aliphatic heterocycles. The van der Waals surface area contributed by atoms with Crippen LogP contribution in [0.25, 0.3) is 0 Å². The first kappa shape index (κ1) is 15.6. The highest BCUT2D eigenvalue weighted by Crippen LogP contribution is 2.32. The standard InChI is InChI=1S/C16H20N4O2S/c1-10-11(2)23-15(20-10)8-19-16(17-3)18-7-12-4-5-13-14(6-12)22-9-21-13/h4-6H,7-9H2,1-3H3,(H2,17,18,19). The van der Waals surface area contributed by atoms with Crippen LogP contribution in [0.1, 0.15) is 21.1 Å². The van der Waals surface area contributed by atoms with E-state index in [-0.39, 0.29) is 0 Å². The van der Waals surface area contributed by atoms with Crippen LogP contribution in [-0.4, -0.2) is 24.8 Å². The molecule has 0 amide bonds. The van der Waals surface area contributed by atoms with Crippen molar-refractivity contribution in [3.05, 3.63) is 39.3 Å². The topological polar surface area (TPSA) is 67.8 Å². The lowest BCUT2D eigenvalue weighted by atomic mass is 10.2. The fraction of sp³-hybridized carbons (Fsp3) is 0.375. The molecule has 0 saturated carbocycles. The van der Waals surface area contributed by atoms with Crippen molar-refractivity contribution in [3.8, 4) is 11.5 Å². The number of fused-ring (bicyclic) bond motifs is 1. The average molecular weight is 332 g/mol. The summed E-state index contributed by atoms with van der Waals surface area (Å²) in [5.41, 5.74) is 2.20. The maximum absolute atomic E-state index is 5.39. The molecular weight excluding hydrogens is 312 g/mol. The van der Waals surface area contributed by atoms with Gasteiger partial charge in [0.1, 0.15) is 5.01 Å². The fourth-order valence-corrected chi connectivity index (χ4v) is 3.11. The number of aryl methyl sites for hydroxylation is 2. The lowest BCUT2D eigenvalue weighted by molar-refractivity contribution is 0.174. The van der Waals surface area contributed by atoms with E-state index in [9.17, 15) is 0 Å². The van der Waals surface area contributed by atoms with Crippen LogP contribution in [0.5, 0.6) is 11.5 Å². The molecular formula is C16H20N4O2S. The molecule has 0 bridgehead atoms. The molecule has 3 rings (SSSR count). The van der Waals surface area contributed by atoms with Crippen molar-refractivity contribution in [1.82, 2.24) is 15.6 Å². The van der Waals surface area contributed by atoms with Crippen molar-refractivity contribution in [2.24, 2.45) is 4.99 Å². The summed E-state index contributed by atoms with van der Waals surface area (Å²) in [4.78, 5) is 10.0. The van der Waals surface area contributed by atoms with Crippen molar-refractivity contribution < 1.29 is 9.47 Å². The first-order valence-electron chi connectivity index (χ1n) is 7.41. The summed E-state index contributed by atoms with van der Waals surface area (Å²) in [5.74, 6) is 2.33. The van der Waals surface area contributed by atoms with E-state index in [1.807, 2.05) is 25.1 Å². The lowest BCUT2D eigenvalue weighted by Gasteiger charge is -2.11. The molecule has 1 aromatic heterocycles. The van der Waals surface area contributed by atoms with E-state index in [0.717, 1.165) is 33.7 Å². The van der Waals surface area contributed by atoms with Gasteiger partial charge in [-0.15, -0.1) is 11.3 Å². The van der Waals surface area contributed by atoms with Crippen molar-refractivity contribution in [2.45, 2.75) is 26.9 Å². The highest BCUT2D eigenvalue weighted by atomic mass is 32.1. The number of benzene rings is 1. The summed E-state index contributed by atoms with van der Waals surface area (Å²) < 4.78 is 10.7. The van der Waals surface area contributed by atoms with Crippen LogP contribution in [-0.2, 0) is 13.1 Å². The largest absolute Gasteiger partial charge is 0.454 e. The minimum Gasteiger partial charge on any atom is -0.454 e. The minimum atomic E-state index is 0.294. The Bertz CT molecular complexity index is 707. The van der Waals surface area contributed by atoms with Crippen LogP contribution in [0.2, 0.25) is 0 Å². The quantitative estimate of drug-likeness (QED) is 0.664.